The summed E-state index contributed by atoms with van der Waals surface area (Å²) in [6, 6.07) is 8.51. The Morgan fingerprint density at radius 1 is 1.30 bits per heavy atom. The molecule has 1 aromatic carbocycles. The van der Waals surface area contributed by atoms with Crippen LogP contribution in [0.3, 0.4) is 0 Å². The van der Waals surface area contributed by atoms with Crippen LogP contribution in [0.25, 0.3) is 0 Å². The first-order valence-electron chi connectivity index (χ1n) is 7.04. The first kappa shape index (κ1) is 17.0. The minimum Gasteiger partial charge on any atom is -0.352 e. The second-order valence-corrected chi connectivity index (χ2v) is 6.35. The first-order valence-corrected chi connectivity index (χ1v) is 7.04. The van der Waals surface area contributed by atoms with Crippen molar-refractivity contribution in [1.82, 2.24) is 10.6 Å². The number of amides is 1. The molecule has 4 heteroatoms. The van der Waals surface area contributed by atoms with Crippen LogP contribution in [0.5, 0.6) is 0 Å². The topological polar surface area (TPSA) is 41.1 Å². The Morgan fingerprint density at radius 2 is 1.95 bits per heavy atom. The molecule has 1 saturated heterocycles. The summed E-state index contributed by atoms with van der Waals surface area (Å²) in [6.07, 6.45) is 0.953. The molecule has 1 heterocycles. The zero-order chi connectivity index (χ0) is 13.9. The molecule has 1 fully saturated rings. The Balaban J connectivity index is 0.00000200. The smallest absolute Gasteiger partial charge is 0.224 e. The van der Waals surface area contributed by atoms with Crippen LogP contribution in [0.2, 0.25) is 0 Å². The van der Waals surface area contributed by atoms with E-state index >= 15 is 0 Å². The van der Waals surface area contributed by atoms with Gasteiger partial charge in [0.1, 0.15) is 0 Å². The summed E-state index contributed by atoms with van der Waals surface area (Å²) in [5.74, 6) is 0.318. The Bertz CT molecular complexity index is 431. The lowest BCUT2D eigenvalue weighted by molar-refractivity contribution is -0.124. The monoisotopic (exact) mass is 296 g/mol. The van der Waals surface area contributed by atoms with Gasteiger partial charge < -0.3 is 10.6 Å². The molecular formula is C16H25ClN2O. The highest BCUT2D eigenvalue weighted by Crippen LogP contribution is 2.22. The van der Waals surface area contributed by atoms with Crippen molar-refractivity contribution >= 4 is 18.3 Å². The van der Waals surface area contributed by atoms with Crippen LogP contribution in [0.4, 0.5) is 0 Å². The third-order valence-electron chi connectivity index (χ3n) is 3.72. The van der Waals surface area contributed by atoms with E-state index in [1.165, 1.54) is 5.56 Å². The molecule has 0 aromatic heterocycles. The van der Waals surface area contributed by atoms with Crippen LogP contribution in [-0.2, 0) is 16.8 Å². The molecule has 2 N–H and O–H groups in total. The fourth-order valence-corrected chi connectivity index (χ4v) is 2.33. The standard InChI is InChI=1S/C16H24N2O.ClH/c1-16(2,3)14-6-4-12(5-7-14)10-18-15(19)13-8-9-17-11-13;/h4-7,13,17H,8-11H2,1-3H3,(H,18,19);1H. The van der Waals surface area contributed by atoms with Crippen molar-refractivity contribution in [3.8, 4) is 0 Å². The number of carbonyl (C=O) groups is 1. The molecule has 2 rings (SSSR count). The van der Waals surface area contributed by atoms with Crippen molar-refractivity contribution < 1.29 is 4.79 Å². The molecule has 0 saturated carbocycles. The molecule has 3 nitrogen and oxygen atoms in total. The van der Waals surface area contributed by atoms with Gasteiger partial charge in [-0.05, 0) is 29.5 Å². The molecule has 112 valence electrons. The largest absolute Gasteiger partial charge is 0.352 e. The van der Waals surface area contributed by atoms with Gasteiger partial charge in [0.15, 0.2) is 0 Å². The van der Waals surface area contributed by atoms with Crippen molar-refractivity contribution in [2.75, 3.05) is 13.1 Å². The van der Waals surface area contributed by atoms with Crippen LogP contribution in [0.15, 0.2) is 24.3 Å². The third-order valence-corrected chi connectivity index (χ3v) is 3.72. The van der Waals surface area contributed by atoms with Crippen LogP contribution in [0, 0.1) is 5.92 Å². The number of benzene rings is 1. The van der Waals surface area contributed by atoms with E-state index in [9.17, 15) is 4.79 Å². The zero-order valence-corrected chi connectivity index (χ0v) is 13.3. The highest BCUT2D eigenvalue weighted by molar-refractivity contribution is 5.85. The molecule has 0 bridgehead atoms. The summed E-state index contributed by atoms with van der Waals surface area (Å²) in [4.78, 5) is 11.9. The van der Waals surface area contributed by atoms with Crippen LogP contribution < -0.4 is 10.6 Å². The van der Waals surface area contributed by atoms with E-state index < -0.39 is 0 Å². The number of rotatable bonds is 3. The number of nitrogens with one attached hydrogen (secondary N) is 2. The van der Waals surface area contributed by atoms with E-state index in [1.54, 1.807) is 0 Å². The normalized spacial score (nSPS) is 18.4. The minimum atomic E-state index is 0. The lowest BCUT2D eigenvalue weighted by atomic mass is 9.87. The summed E-state index contributed by atoms with van der Waals surface area (Å²) in [5, 5.41) is 6.23. The Morgan fingerprint density at radius 3 is 2.45 bits per heavy atom. The van der Waals surface area contributed by atoms with E-state index in [1.807, 2.05) is 0 Å². The molecule has 1 amide bonds. The van der Waals surface area contributed by atoms with Crippen molar-refractivity contribution in [1.29, 1.82) is 0 Å². The average Bonchev–Trinajstić information content (AvgIpc) is 2.89. The predicted octanol–water partition coefficient (Wildman–Crippen LogP) is 2.63. The van der Waals surface area contributed by atoms with E-state index in [0.717, 1.165) is 25.1 Å². The maximum Gasteiger partial charge on any atom is 0.224 e. The molecule has 1 aliphatic heterocycles. The Hall–Kier alpha value is -1.06. The summed E-state index contributed by atoms with van der Waals surface area (Å²) in [6.45, 7) is 9.01. The summed E-state index contributed by atoms with van der Waals surface area (Å²) < 4.78 is 0. The molecule has 1 atom stereocenters. The molecule has 1 aromatic rings. The molecule has 1 unspecified atom stereocenters. The highest BCUT2D eigenvalue weighted by Gasteiger charge is 2.21. The molecule has 0 radical (unpaired) electrons. The highest BCUT2D eigenvalue weighted by atomic mass is 35.5. The zero-order valence-electron chi connectivity index (χ0n) is 12.5. The molecule has 1 aliphatic rings. The summed E-state index contributed by atoms with van der Waals surface area (Å²) >= 11 is 0. The van der Waals surface area contributed by atoms with Crippen LogP contribution in [0.1, 0.15) is 38.3 Å². The van der Waals surface area contributed by atoms with E-state index in [-0.39, 0.29) is 29.6 Å². The fraction of sp³-hybridized carbons (Fsp3) is 0.562. The van der Waals surface area contributed by atoms with E-state index in [2.05, 4.69) is 55.7 Å². The predicted molar refractivity (Wildman–Crippen MR) is 85.2 cm³/mol. The van der Waals surface area contributed by atoms with Gasteiger partial charge in [-0.1, -0.05) is 45.0 Å². The molecular weight excluding hydrogens is 272 g/mol. The molecule has 20 heavy (non-hydrogen) atoms. The van der Waals surface area contributed by atoms with Crippen LogP contribution >= 0.6 is 12.4 Å². The summed E-state index contributed by atoms with van der Waals surface area (Å²) in [7, 11) is 0. The van der Waals surface area contributed by atoms with Crippen molar-refractivity contribution in [3.05, 3.63) is 35.4 Å². The summed E-state index contributed by atoms with van der Waals surface area (Å²) in [5.41, 5.74) is 2.66. The molecule has 0 aliphatic carbocycles. The fourth-order valence-electron chi connectivity index (χ4n) is 2.33. The Labute approximate surface area is 127 Å². The van der Waals surface area contributed by atoms with Crippen molar-refractivity contribution in [2.45, 2.75) is 39.2 Å². The van der Waals surface area contributed by atoms with Gasteiger partial charge in [0, 0.05) is 13.1 Å². The van der Waals surface area contributed by atoms with Gasteiger partial charge in [-0.15, -0.1) is 12.4 Å². The Kier molecular flexibility index (Phi) is 6.03. The maximum absolute atomic E-state index is 11.9. The number of hydrogen-bond donors (Lipinski definition) is 2. The van der Waals surface area contributed by atoms with Gasteiger partial charge >= 0.3 is 0 Å². The molecule has 0 spiro atoms. The van der Waals surface area contributed by atoms with Crippen molar-refractivity contribution in [3.63, 3.8) is 0 Å². The first-order chi connectivity index (χ1) is 8.97. The SMILES string of the molecule is CC(C)(C)c1ccc(CNC(=O)C2CCNC2)cc1.Cl. The minimum absolute atomic E-state index is 0. The van der Waals surface area contributed by atoms with Gasteiger partial charge in [0.2, 0.25) is 5.91 Å². The van der Waals surface area contributed by atoms with Gasteiger partial charge in [0.05, 0.1) is 5.92 Å². The lowest BCUT2D eigenvalue weighted by Crippen LogP contribution is -2.31. The quantitative estimate of drug-likeness (QED) is 0.900. The second kappa shape index (κ2) is 7.09. The van der Waals surface area contributed by atoms with Crippen LogP contribution in [-0.4, -0.2) is 19.0 Å². The van der Waals surface area contributed by atoms with Gasteiger partial charge in [-0.2, -0.15) is 0 Å². The van der Waals surface area contributed by atoms with Crippen molar-refractivity contribution in [2.24, 2.45) is 5.92 Å². The maximum atomic E-state index is 11.9. The second-order valence-electron chi connectivity index (χ2n) is 6.35. The number of carbonyl (C=O) groups excluding carboxylic acids is 1. The van der Waals surface area contributed by atoms with Gasteiger partial charge in [-0.3, -0.25) is 4.79 Å². The van der Waals surface area contributed by atoms with E-state index in [4.69, 9.17) is 0 Å². The average molecular weight is 297 g/mol. The van der Waals surface area contributed by atoms with Gasteiger partial charge in [-0.25, -0.2) is 0 Å². The lowest BCUT2D eigenvalue weighted by Gasteiger charge is -2.19. The van der Waals surface area contributed by atoms with Gasteiger partial charge in [0.25, 0.3) is 0 Å². The number of hydrogen-bond acceptors (Lipinski definition) is 2. The third kappa shape index (κ3) is 4.50. The van der Waals surface area contributed by atoms with E-state index in [0.29, 0.717) is 6.54 Å². The number of halogens is 1.